The van der Waals surface area contributed by atoms with Crippen LogP contribution in [0.25, 0.3) is 0 Å². The average Bonchev–Trinajstić information content (AvgIpc) is 3.02. The molecule has 0 spiro atoms. The molecule has 1 aromatic carbocycles. The number of methoxy groups -OCH3 is 1. The molecule has 6 nitrogen and oxygen atoms in total. The van der Waals surface area contributed by atoms with Crippen LogP contribution in [0.15, 0.2) is 28.8 Å². The van der Waals surface area contributed by atoms with Gasteiger partial charge < -0.3 is 19.3 Å². The molecule has 128 valence electrons. The maximum absolute atomic E-state index is 11.9. The molecule has 1 aromatic heterocycles. The summed E-state index contributed by atoms with van der Waals surface area (Å²) in [5, 5.41) is 6.83. The number of para-hydroxylation sites is 1. The summed E-state index contributed by atoms with van der Waals surface area (Å²) in [4.78, 5) is 11.9. The number of nitrogens with zero attached hydrogens (tertiary/aromatic N) is 1. The Morgan fingerprint density at radius 1 is 1.50 bits per heavy atom. The van der Waals surface area contributed by atoms with Crippen LogP contribution in [-0.4, -0.2) is 31.3 Å². The number of carbonyl (C=O) groups is 1. The fraction of sp³-hybridized carbons (Fsp3) is 0.412. The van der Waals surface area contributed by atoms with Crippen LogP contribution in [0, 0.1) is 5.92 Å². The number of fused-ring (bicyclic) bond motifs is 1. The molecule has 0 saturated heterocycles. The van der Waals surface area contributed by atoms with Gasteiger partial charge >= 0.3 is 0 Å². The molecule has 3 rings (SSSR count). The lowest BCUT2D eigenvalue weighted by Gasteiger charge is -2.26. The summed E-state index contributed by atoms with van der Waals surface area (Å²) in [6.45, 7) is 1.14. The first kappa shape index (κ1) is 16.6. The summed E-state index contributed by atoms with van der Waals surface area (Å²) in [5.74, 6) is 2.38. The van der Waals surface area contributed by atoms with Crippen LogP contribution in [0.1, 0.15) is 17.7 Å². The van der Waals surface area contributed by atoms with E-state index >= 15 is 0 Å². The number of rotatable bonds is 6. The molecule has 1 aliphatic heterocycles. The van der Waals surface area contributed by atoms with Crippen LogP contribution >= 0.6 is 11.6 Å². The molecule has 1 amide bonds. The summed E-state index contributed by atoms with van der Waals surface area (Å²) in [5.41, 5.74) is 1.11. The third-order valence-electron chi connectivity index (χ3n) is 3.97. The zero-order chi connectivity index (χ0) is 16.9. The van der Waals surface area contributed by atoms with Gasteiger partial charge in [-0.05, 0) is 18.1 Å². The Balaban J connectivity index is 1.46. The standard InChI is InChI=1S/C17H19ClN2O4/c1-22-14-4-2-3-12-7-11(10-23-17(12)14)9-19-16(21)6-5-13-8-15(18)20-24-13/h2-4,8,11H,5-7,9-10H2,1H3,(H,19,21)/t11-/m1/s1. The lowest BCUT2D eigenvalue weighted by molar-refractivity contribution is -0.121. The van der Waals surface area contributed by atoms with Gasteiger partial charge in [-0.2, -0.15) is 0 Å². The number of hydrogen-bond donors (Lipinski definition) is 1. The number of benzene rings is 1. The number of aromatic nitrogens is 1. The van der Waals surface area contributed by atoms with E-state index in [-0.39, 0.29) is 11.8 Å². The minimum absolute atomic E-state index is 0.0287. The van der Waals surface area contributed by atoms with Crippen molar-refractivity contribution in [2.45, 2.75) is 19.3 Å². The molecular formula is C17H19ClN2O4. The maximum atomic E-state index is 11.9. The van der Waals surface area contributed by atoms with E-state index < -0.39 is 0 Å². The first-order valence-corrected chi connectivity index (χ1v) is 8.20. The molecule has 1 atom stereocenters. The summed E-state index contributed by atoms with van der Waals surface area (Å²) >= 11 is 5.67. The Morgan fingerprint density at radius 3 is 3.12 bits per heavy atom. The summed E-state index contributed by atoms with van der Waals surface area (Å²) in [7, 11) is 1.63. The van der Waals surface area contributed by atoms with Gasteiger partial charge in [0.15, 0.2) is 16.7 Å². The molecule has 0 aliphatic carbocycles. The highest BCUT2D eigenvalue weighted by atomic mass is 35.5. The van der Waals surface area contributed by atoms with E-state index in [2.05, 4.69) is 10.5 Å². The third kappa shape index (κ3) is 4.00. The number of hydrogen-bond acceptors (Lipinski definition) is 5. The van der Waals surface area contributed by atoms with Crippen molar-refractivity contribution in [2.75, 3.05) is 20.3 Å². The summed E-state index contributed by atoms with van der Waals surface area (Å²) in [6.07, 6.45) is 1.67. The monoisotopic (exact) mass is 350 g/mol. The zero-order valence-corrected chi connectivity index (χ0v) is 14.1. The number of halogens is 1. The van der Waals surface area contributed by atoms with Gasteiger partial charge in [-0.25, -0.2) is 0 Å². The van der Waals surface area contributed by atoms with Gasteiger partial charge in [0.05, 0.1) is 13.7 Å². The molecule has 0 fully saturated rings. The topological polar surface area (TPSA) is 73.6 Å². The maximum Gasteiger partial charge on any atom is 0.220 e. The second-order valence-corrected chi connectivity index (χ2v) is 6.14. The smallest absolute Gasteiger partial charge is 0.220 e. The average molecular weight is 351 g/mol. The molecule has 24 heavy (non-hydrogen) atoms. The minimum Gasteiger partial charge on any atom is -0.493 e. The van der Waals surface area contributed by atoms with Gasteiger partial charge in [-0.15, -0.1) is 0 Å². The predicted octanol–water partition coefficient (Wildman–Crippen LogP) is 2.64. The minimum atomic E-state index is -0.0287. The van der Waals surface area contributed by atoms with Gasteiger partial charge in [0.25, 0.3) is 0 Å². The highest BCUT2D eigenvalue weighted by Crippen LogP contribution is 2.35. The molecule has 0 bridgehead atoms. The quantitative estimate of drug-likeness (QED) is 0.867. The Bertz CT molecular complexity index is 716. The largest absolute Gasteiger partial charge is 0.493 e. The Labute approximate surface area is 145 Å². The fourth-order valence-corrected chi connectivity index (χ4v) is 2.89. The second-order valence-electron chi connectivity index (χ2n) is 5.75. The third-order valence-corrected chi connectivity index (χ3v) is 4.15. The Kier molecular flexibility index (Phi) is 5.25. The van der Waals surface area contributed by atoms with Crippen LogP contribution in [0.5, 0.6) is 11.5 Å². The van der Waals surface area contributed by atoms with Crippen LogP contribution in [-0.2, 0) is 17.6 Å². The number of aryl methyl sites for hydroxylation is 1. The van der Waals surface area contributed by atoms with Crippen LogP contribution in [0.2, 0.25) is 5.15 Å². The molecular weight excluding hydrogens is 332 g/mol. The first-order valence-electron chi connectivity index (χ1n) is 7.82. The molecule has 0 radical (unpaired) electrons. The van der Waals surface area contributed by atoms with E-state index in [1.807, 2.05) is 18.2 Å². The van der Waals surface area contributed by atoms with Gasteiger partial charge in [0.1, 0.15) is 5.76 Å². The lowest BCUT2D eigenvalue weighted by Crippen LogP contribution is -2.35. The van der Waals surface area contributed by atoms with Crippen LogP contribution < -0.4 is 14.8 Å². The molecule has 2 aromatic rings. The molecule has 1 aliphatic rings. The molecule has 2 heterocycles. The zero-order valence-electron chi connectivity index (χ0n) is 13.4. The van der Waals surface area contributed by atoms with Crippen molar-refractivity contribution in [3.8, 4) is 11.5 Å². The van der Waals surface area contributed by atoms with Crippen molar-refractivity contribution in [2.24, 2.45) is 5.92 Å². The van der Waals surface area contributed by atoms with Gasteiger partial charge in [-0.1, -0.05) is 28.9 Å². The molecule has 7 heteroatoms. The normalized spacial score (nSPS) is 16.2. The van der Waals surface area contributed by atoms with Crippen LogP contribution in [0.4, 0.5) is 0 Å². The van der Waals surface area contributed by atoms with E-state index in [4.69, 9.17) is 25.6 Å². The Hall–Kier alpha value is -2.21. The van der Waals surface area contributed by atoms with E-state index in [1.54, 1.807) is 13.2 Å². The second kappa shape index (κ2) is 7.57. The van der Waals surface area contributed by atoms with Crippen molar-refractivity contribution in [3.63, 3.8) is 0 Å². The highest BCUT2D eigenvalue weighted by Gasteiger charge is 2.23. The Morgan fingerprint density at radius 2 is 2.38 bits per heavy atom. The van der Waals surface area contributed by atoms with E-state index in [1.165, 1.54) is 0 Å². The van der Waals surface area contributed by atoms with Crippen molar-refractivity contribution >= 4 is 17.5 Å². The SMILES string of the molecule is COc1cccc2c1OC[C@@H](CNC(=O)CCc1cc(Cl)no1)C2. The van der Waals surface area contributed by atoms with Crippen molar-refractivity contribution in [1.82, 2.24) is 10.5 Å². The van der Waals surface area contributed by atoms with Gasteiger partial charge in [0, 0.05) is 31.4 Å². The number of ether oxygens (including phenoxy) is 2. The van der Waals surface area contributed by atoms with E-state index in [9.17, 15) is 4.79 Å². The predicted molar refractivity (Wildman–Crippen MR) is 88.5 cm³/mol. The summed E-state index contributed by atoms with van der Waals surface area (Å²) in [6, 6.07) is 7.48. The number of amides is 1. The van der Waals surface area contributed by atoms with Crippen molar-refractivity contribution in [3.05, 3.63) is 40.7 Å². The molecule has 1 N–H and O–H groups in total. The van der Waals surface area contributed by atoms with E-state index in [0.717, 1.165) is 23.5 Å². The highest BCUT2D eigenvalue weighted by molar-refractivity contribution is 6.29. The van der Waals surface area contributed by atoms with Gasteiger partial charge in [-0.3, -0.25) is 4.79 Å². The first-order chi connectivity index (χ1) is 11.7. The number of carbonyl (C=O) groups excluding carboxylic acids is 1. The fourth-order valence-electron chi connectivity index (χ4n) is 2.74. The van der Waals surface area contributed by atoms with Crippen LogP contribution in [0.3, 0.4) is 0 Å². The molecule has 0 saturated carbocycles. The lowest BCUT2D eigenvalue weighted by atomic mass is 9.96. The van der Waals surface area contributed by atoms with Crippen molar-refractivity contribution in [1.29, 1.82) is 0 Å². The molecule has 0 unspecified atom stereocenters. The van der Waals surface area contributed by atoms with Gasteiger partial charge in [0.2, 0.25) is 5.91 Å². The van der Waals surface area contributed by atoms with Crippen molar-refractivity contribution < 1.29 is 18.8 Å². The summed E-state index contributed by atoms with van der Waals surface area (Å²) < 4.78 is 16.1. The van der Waals surface area contributed by atoms with E-state index in [0.29, 0.717) is 36.9 Å². The number of nitrogens with one attached hydrogen (secondary N) is 1.